The molecule has 1 N–H and O–H groups in total. The maximum Gasteiger partial charge on any atom is 0.356 e. The highest BCUT2D eigenvalue weighted by Crippen LogP contribution is 2.36. The Hall–Kier alpha value is -2.30. The van der Waals surface area contributed by atoms with Crippen LogP contribution in [0.15, 0.2) is 18.2 Å². The summed E-state index contributed by atoms with van der Waals surface area (Å²) in [5, 5.41) is 13.3. The second-order valence-electron chi connectivity index (χ2n) is 4.63. The van der Waals surface area contributed by atoms with Gasteiger partial charge in [0.1, 0.15) is 5.75 Å². The molecule has 1 heterocycles. The van der Waals surface area contributed by atoms with Gasteiger partial charge < -0.3 is 9.84 Å². The third-order valence-corrected chi connectivity index (χ3v) is 3.56. The smallest absolute Gasteiger partial charge is 0.356 e. The van der Waals surface area contributed by atoms with E-state index >= 15 is 0 Å². The summed E-state index contributed by atoms with van der Waals surface area (Å²) in [7, 11) is 3.42. The molecule has 98 valence electrons. The predicted octanol–water partition coefficient (Wildman–Crippen LogP) is 1.89. The number of aromatic nitrogens is 2. The molecule has 5 heteroatoms. The largest absolute Gasteiger partial charge is 0.497 e. The number of hydrogen-bond acceptors (Lipinski definition) is 3. The van der Waals surface area contributed by atoms with Gasteiger partial charge in [-0.2, -0.15) is 5.10 Å². The monoisotopic (exact) mass is 258 g/mol. The third kappa shape index (κ3) is 1.69. The van der Waals surface area contributed by atoms with Crippen LogP contribution in [0.2, 0.25) is 0 Å². The van der Waals surface area contributed by atoms with E-state index in [-0.39, 0.29) is 5.69 Å². The molecule has 0 spiro atoms. The SMILES string of the molecule is COc1ccc2c(c1)CCc1c(C(=O)O)nn(C)c1-2. The molecule has 2 aromatic rings. The van der Waals surface area contributed by atoms with Gasteiger partial charge in [0.15, 0.2) is 5.69 Å². The van der Waals surface area contributed by atoms with Gasteiger partial charge in [0.05, 0.1) is 12.8 Å². The highest BCUT2D eigenvalue weighted by atomic mass is 16.5. The second kappa shape index (κ2) is 4.12. The van der Waals surface area contributed by atoms with Crippen LogP contribution in [-0.2, 0) is 19.9 Å². The van der Waals surface area contributed by atoms with E-state index in [1.807, 2.05) is 18.2 Å². The van der Waals surface area contributed by atoms with Crippen molar-refractivity contribution in [2.24, 2.45) is 7.05 Å². The molecule has 5 nitrogen and oxygen atoms in total. The predicted molar refractivity (Wildman–Crippen MR) is 69.6 cm³/mol. The number of carboxylic acid groups (broad SMARTS) is 1. The average molecular weight is 258 g/mol. The first-order valence-electron chi connectivity index (χ1n) is 6.08. The Morgan fingerprint density at radius 1 is 1.42 bits per heavy atom. The highest BCUT2D eigenvalue weighted by molar-refractivity contribution is 5.90. The van der Waals surface area contributed by atoms with Crippen LogP contribution in [0.5, 0.6) is 5.75 Å². The highest BCUT2D eigenvalue weighted by Gasteiger charge is 2.27. The number of aryl methyl sites for hydroxylation is 2. The van der Waals surface area contributed by atoms with Crippen molar-refractivity contribution in [3.05, 3.63) is 35.0 Å². The van der Waals surface area contributed by atoms with Crippen molar-refractivity contribution in [2.75, 3.05) is 7.11 Å². The van der Waals surface area contributed by atoms with Crippen LogP contribution in [0.1, 0.15) is 21.6 Å². The van der Waals surface area contributed by atoms with Gasteiger partial charge in [-0.25, -0.2) is 4.79 Å². The maximum absolute atomic E-state index is 11.2. The van der Waals surface area contributed by atoms with Crippen molar-refractivity contribution in [3.8, 4) is 17.0 Å². The van der Waals surface area contributed by atoms with E-state index in [2.05, 4.69) is 5.10 Å². The normalized spacial score (nSPS) is 12.7. The van der Waals surface area contributed by atoms with Crippen LogP contribution < -0.4 is 4.74 Å². The molecular weight excluding hydrogens is 244 g/mol. The van der Waals surface area contributed by atoms with Gasteiger partial charge in [-0.1, -0.05) is 0 Å². The van der Waals surface area contributed by atoms with Gasteiger partial charge in [-0.15, -0.1) is 0 Å². The molecule has 1 aromatic heterocycles. The third-order valence-electron chi connectivity index (χ3n) is 3.56. The Morgan fingerprint density at radius 3 is 2.89 bits per heavy atom. The van der Waals surface area contributed by atoms with Crippen LogP contribution >= 0.6 is 0 Å². The first kappa shape index (κ1) is 11.8. The molecule has 3 rings (SSSR count). The summed E-state index contributed by atoms with van der Waals surface area (Å²) < 4.78 is 6.88. The molecule has 0 bridgehead atoms. The zero-order valence-electron chi connectivity index (χ0n) is 10.8. The molecule has 19 heavy (non-hydrogen) atoms. The fourth-order valence-electron chi connectivity index (χ4n) is 2.71. The molecule has 1 aromatic carbocycles. The Labute approximate surface area is 110 Å². The Bertz CT molecular complexity index is 674. The lowest BCUT2D eigenvalue weighted by atomic mass is 9.88. The van der Waals surface area contributed by atoms with Gasteiger partial charge in [0, 0.05) is 18.2 Å². The number of methoxy groups -OCH3 is 1. The Balaban J connectivity index is 2.22. The van der Waals surface area contributed by atoms with Gasteiger partial charge in [-0.05, 0) is 36.6 Å². The number of carbonyl (C=O) groups is 1. The summed E-state index contributed by atoms with van der Waals surface area (Å²) in [6, 6.07) is 5.87. The van der Waals surface area contributed by atoms with Crippen molar-refractivity contribution >= 4 is 5.97 Å². The van der Waals surface area contributed by atoms with Crippen LogP contribution in [0.4, 0.5) is 0 Å². The minimum atomic E-state index is -0.964. The summed E-state index contributed by atoms with van der Waals surface area (Å²) in [5.74, 6) is -0.142. The van der Waals surface area contributed by atoms with E-state index in [0.29, 0.717) is 6.42 Å². The van der Waals surface area contributed by atoms with E-state index in [1.165, 1.54) is 5.56 Å². The van der Waals surface area contributed by atoms with Crippen LogP contribution in [0.25, 0.3) is 11.3 Å². The zero-order valence-corrected chi connectivity index (χ0v) is 10.8. The van der Waals surface area contributed by atoms with E-state index in [9.17, 15) is 9.90 Å². The lowest BCUT2D eigenvalue weighted by Crippen LogP contribution is -2.08. The number of aromatic carboxylic acids is 1. The number of fused-ring (bicyclic) bond motifs is 3. The van der Waals surface area contributed by atoms with E-state index in [1.54, 1.807) is 18.8 Å². The van der Waals surface area contributed by atoms with Crippen molar-refractivity contribution in [3.63, 3.8) is 0 Å². The number of ether oxygens (including phenoxy) is 1. The molecule has 1 aliphatic carbocycles. The molecule has 0 saturated carbocycles. The summed E-state index contributed by atoms with van der Waals surface area (Å²) in [5.41, 5.74) is 4.12. The van der Waals surface area contributed by atoms with Gasteiger partial charge >= 0.3 is 5.97 Å². The minimum absolute atomic E-state index is 0.166. The number of carboxylic acids is 1. The summed E-state index contributed by atoms with van der Waals surface area (Å²) >= 11 is 0. The number of rotatable bonds is 2. The maximum atomic E-state index is 11.2. The first-order valence-corrected chi connectivity index (χ1v) is 6.08. The fraction of sp³-hybridized carbons (Fsp3) is 0.286. The first-order chi connectivity index (χ1) is 9.11. The van der Waals surface area contributed by atoms with Crippen molar-refractivity contribution in [2.45, 2.75) is 12.8 Å². The van der Waals surface area contributed by atoms with Crippen LogP contribution in [0.3, 0.4) is 0 Å². The molecule has 0 saturated heterocycles. The lowest BCUT2D eigenvalue weighted by Gasteiger charge is -2.18. The summed E-state index contributed by atoms with van der Waals surface area (Å²) in [6.07, 6.45) is 1.51. The molecule has 0 radical (unpaired) electrons. The van der Waals surface area contributed by atoms with Crippen LogP contribution in [-0.4, -0.2) is 28.0 Å². The second-order valence-corrected chi connectivity index (χ2v) is 4.63. The van der Waals surface area contributed by atoms with E-state index < -0.39 is 5.97 Å². The molecule has 0 fully saturated rings. The summed E-state index contributed by atoms with van der Waals surface area (Å²) in [6.45, 7) is 0. The van der Waals surface area contributed by atoms with Gasteiger partial charge in [0.25, 0.3) is 0 Å². The number of benzene rings is 1. The Kier molecular flexibility index (Phi) is 2.55. The minimum Gasteiger partial charge on any atom is -0.497 e. The average Bonchev–Trinajstić information content (AvgIpc) is 2.76. The van der Waals surface area contributed by atoms with Gasteiger partial charge in [0.2, 0.25) is 0 Å². The van der Waals surface area contributed by atoms with E-state index in [0.717, 1.165) is 29.0 Å². The molecule has 0 atom stereocenters. The number of hydrogen-bond donors (Lipinski definition) is 1. The molecule has 0 amide bonds. The molecule has 0 aliphatic heterocycles. The summed E-state index contributed by atoms with van der Waals surface area (Å²) in [4.78, 5) is 11.2. The number of nitrogens with zero attached hydrogens (tertiary/aromatic N) is 2. The zero-order chi connectivity index (χ0) is 13.6. The van der Waals surface area contributed by atoms with Crippen molar-refractivity contribution < 1.29 is 14.6 Å². The lowest BCUT2D eigenvalue weighted by molar-refractivity contribution is 0.0688. The van der Waals surface area contributed by atoms with Crippen molar-refractivity contribution in [1.29, 1.82) is 0 Å². The molecular formula is C14H14N2O3. The molecule has 0 unspecified atom stereocenters. The van der Waals surface area contributed by atoms with Crippen molar-refractivity contribution in [1.82, 2.24) is 9.78 Å². The van der Waals surface area contributed by atoms with E-state index in [4.69, 9.17) is 4.74 Å². The fourth-order valence-corrected chi connectivity index (χ4v) is 2.71. The van der Waals surface area contributed by atoms with Crippen LogP contribution in [0, 0.1) is 0 Å². The quantitative estimate of drug-likeness (QED) is 0.893. The standard InChI is InChI=1S/C14H14N2O3/c1-16-13-10-6-4-9(19-2)7-8(10)3-5-11(13)12(15-16)14(17)18/h4,6-7H,3,5H2,1-2H3,(H,17,18). The van der Waals surface area contributed by atoms with Gasteiger partial charge in [-0.3, -0.25) is 4.68 Å². The molecule has 1 aliphatic rings. The topological polar surface area (TPSA) is 64.3 Å². The Morgan fingerprint density at radius 2 is 2.21 bits per heavy atom.